The minimum absolute atomic E-state index is 0.0134. The molecule has 5 N–H and O–H groups in total. The fraction of sp³-hybridized carbons (Fsp3) is 0.200. The zero-order valence-electron chi connectivity index (χ0n) is 11.8. The quantitative estimate of drug-likeness (QED) is 0.737. The van der Waals surface area contributed by atoms with Gasteiger partial charge in [0.2, 0.25) is 10.0 Å². The van der Waals surface area contributed by atoms with Crippen molar-refractivity contribution in [3.63, 3.8) is 0 Å². The van der Waals surface area contributed by atoms with E-state index < -0.39 is 10.0 Å². The first kappa shape index (κ1) is 15.3. The fourth-order valence-corrected chi connectivity index (χ4v) is 2.69. The largest absolute Gasteiger partial charge is 0.397 e. The molecule has 5 nitrogen and oxygen atoms in total. The van der Waals surface area contributed by atoms with Crippen LogP contribution >= 0.6 is 0 Å². The number of benzene rings is 2. The van der Waals surface area contributed by atoms with Crippen molar-refractivity contribution >= 4 is 21.4 Å². The molecule has 0 saturated carbocycles. The summed E-state index contributed by atoms with van der Waals surface area (Å²) < 4.78 is 22.5. The number of nitrogen functional groups attached to an aromatic ring is 1. The van der Waals surface area contributed by atoms with Crippen LogP contribution < -0.4 is 16.2 Å². The molecule has 0 unspecified atom stereocenters. The van der Waals surface area contributed by atoms with Gasteiger partial charge in [0, 0.05) is 6.54 Å². The third-order valence-corrected chi connectivity index (χ3v) is 4.23. The van der Waals surface area contributed by atoms with E-state index in [0.29, 0.717) is 17.9 Å². The first-order chi connectivity index (χ1) is 9.91. The molecule has 0 radical (unpaired) electrons. The maximum absolute atomic E-state index is 11.3. The number of primary sulfonamides is 1. The Morgan fingerprint density at radius 1 is 1.10 bits per heavy atom. The van der Waals surface area contributed by atoms with Crippen LogP contribution in [0.2, 0.25) is 0 Å². The minimum Gasteiger partial charge on any atom is -0.397 e. The van der Waals surface area contributed by atoms with E-state index in [0.717, 1.165) is 6.42 Å². The van der Waals surface area contributed by atoms with Crippen LogP contribution in [0.5, 0.6) is 0 Å². The molecule has 0 fully saturated rings. The van der Waals surface area contributed by atoms with Gasteiger partial charge in [-0.05, 0) is 35.7 Å². The van der Waals surface area contributed by atoms with Gasteiger partial charge >= 0.3 is 0 Å². The van der Waals surface area contributed by atoms with Crippen molar-refractivity contribution in [2.24, 2.45) is 5.14 Å². The molecule has 0 heterocycles. The van der Waals surface area contributed by atoms with E-state index in [1.165, 1.54) is 23.3 Å². The fourth-order valence-electron chi connectivity index (χ4n) is 2.14. The highest BCUT2D eigenvalue weighted by Crippen LogP contribution is 2.23. The highest BCUT2D eigenvalue weighted by molar-refractivity contribution is 7.89. The second-order valence-corrected chi connectivity index (χ2v) is 6.33. The van der Waals surface area contributed by atoms with Gasteiger partial charge in [0.05, 0.1) is 16.3 Å². The average molecular weight is 305 g/mol. The van der Waals surface area contributed by atoms with Crippen molar-refractivity contribution in [1.29, 1.82) is 0 Å². The molecule has 0 aromatic heterocycles. The lowest BCUT2D eigenvalue weighted by molar-refractivity contribution is 0.598. The summed E-state index contributed by atoms with van der Waals surface area (Å²) in [5.41, 5.74) is 9.37. The Labute approximate surface area is 125 Å². The first-order valence-corrected chi connectivity index (χ1v) is 8.19. The van der Waals surface area contributed by atoms with E-state index >= 15 is 0 Å². The smallest absolute Gasteiger partial charge is 0.238 e. The van der Waals surface area contributed by atoms with Gasteiger partial charge in [0.15, 0.2) is 0 Å². The van der Waals surface area contributed by atoms with Crippen LogP contribution in [0.15, 0.2) is 47.4 Å². The van der Waals surface area contributed by atoms with Crippen molar-refractivity contribution < 1.29 is 8.42 Å². The van der Waals surface area contributed by atoms with E-state index in [1.54, 1.807) is 6.07 Å². The molecular weight excluding hydrogens is 286 g/mol. The van der Waals surface area contributed by atoms with Crippen LogP contribution in [0.25, 0.3) is 0 Å². The average Bonchev–Trinajstić information content (AvgIpc) is 2.45. The van der Waals surface area contributed by atoms with Gasteiger partial charge < -0.3 is 11.1 Å². The van der Waals surface area contributed by atoms with Crippen LogP contribution in [0.1, 0.15) is 18.1 Å². The van der Waals surface area contributed by atoms with E-state index in [2.05, 4.69) is 24.4 Å². The lowest BCUT2D eigenvalue weighted by atomic mass is 10.1. The normalized spacial score (nSPS) is 11.3. The Bertz CT molecular complexity index is 742. The molecule has 0 aliphatic rings. The highest BCUT2D eigenvalue weighted by atomic mass is 32.2. The summed E-state index contributed by atoms with van der Waals surface area (Å²) in [6.07, 6.45) is 0.956. The van der Waals surface area contributed by atoms with Crippen LogP contribution in [0.3, 0.4) is 0 Å². The third-order valence-electron chi connectivity index (χ3n) is 3.32. The molecule has 6 heteroatoms. The van der Waals surface area contributed by atoms with Crippen LogP contribution in [0, 0.1) is 0 Å². The van der Waals surface area contributed by atoms with Gasteiger partial charge in [0.25, 0.3) is 0 Å². The van der Waals surface area contributed by atoms with Gasteiger partial charge in [-0.15, -0.1) is 0 Å². The topological polar surface area (TPSA) is 98.2 Å². The Balaban J connectivity index is 2.17. The van der Waals surface area contributed by atoms with Crippen molar-refractivity contribution in [3.8, 4) is 0 Å². The molecule has 2 rings (SSSR count). The third kappa shape index (κ3) is 3.74. The van der Waals surface area contributed by atoms with Crippen LogP contribution in [0.4, 0.5) is 11.4 Å². The lowest BCUT2D eigenvalue weighted by Crippen LogP contribution is -2.13. The minimum atomic E-state index is -3.73. The van der Waals surface area contributed by atoms with Crippen molar-refractivity contribution in [1.82, 2.24) is 0 Å². The summed E-state index contributed by atoms with van der Waals surface area (Å²) in [7, 11) is -3.73. The maximum atomic E-state index is 11.3. The first-order valence-electron chi connectivity index (χ1n) is 6.64. The zero-order valence-corrected chi connectivity index (χ0v) is 12.7. The van der Waals surface area contributed by atoms with Crippen molar-refractivity contribution in [2.75, 3.05) is 11.1 Å². The molecule has 0 amide bonds. The Morgan fingerprint density at radius 2 is 1.76 bits per heavy atom. The number of nitrogens with two attached hydrogens (primary N) is 2. The number of rotatable bonds is 5. The molecule has 21 heavy (non-hydrogen) atoms. The Morgan fingerprint density at radius 3 is 2.33 bits per heavy atom. The molecular formula is C15H19N3O2S. The monoisotopic (exact) mass is 305 g/mol. The summed E-state index contributed by atoms with van der Waals surface area (Å²) in [6, 6.07) is 12.6. The molecule has 112 valence electrons. The van der Waals surface area contributed by atoms with E-state index in [9.17, 15) is 8.42 Å². The molecule has 0 atom stereocenters. The summed E-state index contributed by atoms with van der Waals surface area (Å²) in [6.45, 7) is 2.73. The van der Waals surface area contributed by atoms with E-state index in [4.69, 9.17) is 10.9 Å². The van der Waals surface area contributed by atoms with Gasteiger partial charge in [-0.3, -0.25) is 0 Å². The molecule has 2 aromatic carbocycles. The van der Waals surface area contributed by atoms with Crippen molar-refractivity contribution in [3.05, 3.63) is 53.6 Å². The molecule has 2 aromatic rings. The number of aryl methyl sites for hydroxylation is 1. The number of anilines is 2. The molecule has 0 aliphatic carbocycles. The van der Waals surface area contributed by atoms with Crippen molar-refractivity contribution in [2.45, 2.75) is 24.8 Å². The Kier molecular flexibility index (Phi) is 4.50. The van der Waals surface area contributed by atoms with E-state index in [1.807, 2.05) is 12.1 Å². The van der Waals surface area contributed by atoms with Gasteiger partial charge in [0.1, 0.15) is 0 Å². The Hall–Kier alpha value is -2.05. The maximum Gasteiger partial charge on any atom is 0.238 e. The standard InChI is InChI=1S/C15H19N3O2S/c1-2-11-5-3-4-6-12(11)10-18-15-8-7-13(9-14(15)16)21(17,19)20/h3-9,18H,2,10,16H2,1H3,(H2,17,19,20). The number of hydrogen-bond donors (Lipinski definition) is 3. The van der Waals surface area contributed by atoms with Gasteiger partial charge in [-0.2, -0.15) is 0 Å². The molecule has 0 saturated heterocycles. The highest BCUT2D eigenvalue weighted by Gasteiger charge is 2.10. The summed E-state index contributed by atoms with van der Waals surface area (Å²) >= 11 is 0. The molecule has 0 aliphatic heterocycles. The molecule has 0 spiro atoms. The number of nitrogens with one attached hydrogen (secondary N) is 1. The summed E-state index contributed by atoms with van der Waals surface area (Å²) in [4.78, 5) is 0.0134. The second kappa shape index (κ2) is 6.15. The van der Waals surface area contributed by atoms with Gasteiger partial charge in [-0.25, -0.2) is 13.6 Å². The summed E-state index contributed by atoms with van der Waals surface area (Å²) in [5.74, 6) is 0. The lowest BCUT2D eigenvalue weighted by Gasteiger charge is -2.12. The number of hydrogen-bond acceptors (Lipinski definition) is 4. The van der Waals surface area contributed by atoms with Crippen LogP contribution in [-0.4, -0.2) is 8.42 Å². The second-order valence-electron chi connectivity index (χ2n) is 4.77. The predicted molar refractivity (Wildman–Crippen MR) is 85.4 cm³/mol. The SMILES string of the molecule is CCc1ccccc1CNc1ccc(S(N)(=O)=O)cc1N. The van der Waals surface area contributed by atoms with Crippen LogP contribution in [-0.2, 0) is 23.0 Å². The number of sulfonamides is 1. The summed E-state index contributed by atoms with van der Waals surface area (Å²) in [5, 5.41) is 8.30. The molecule has 0 bridgehead atoms. The van der Waals surface area contributed by atoms with E-state index in [-0.39, 0.29) is 4.90 Å². The predicted octanol–water partition coefficient (Wildman–Crippen LogP) is 2.09. The van der Waals surface area contributed by atoms with Gasteiger partial charge in [-0.1, -0.05) is 31.2 Å². The zero-order chi connectivity index (χ0) is 15.5.